The highest BCUT2D eigenvalue weighted by Gasteiger charge is 2.62. The van der Waals surface area contributed by atoms with E-state index in [1.54, 1.807) is 0 Å². The van der Waals surface area contributed by atoms with Gasteiger partial charge in [-0.15, -0.1) is 0 Å². The summed E-state index contributed by atoms with van der Waals surface area (Å²) in [4.78, 5) is 0. The van der Waals surface area contributed by atoms with E-state index in [0.717, 1.165) is 14.2 Å². The van der Waals surface area contributed by atoms with Crippen molar-refractivity contribution in [1.29, 1.82) is 0 Å². The molecule has 0 aliphatic carbocycles. The quantitative estimate of drug-likeness (QED) is 0.501. The van der Waals surface area contributed by atoms with Crippen LogP contribution in [0.15, 0.2) is 0 Å². The third-order valence-corrected chi connectivity index (χ3v) is 3.41. The van der Waals surface area contributed by atoms with Gasteiger partial charge in [0.25, 0.3) is 12.3 Å². The molecule has 0 rings (SSSR count). The first-order chi connectivity index (χ1) is 11.0. The molecule has 0 aromatic carbocycles. The van der Waals surface area contributed by atoms with Crippen LogP contribution < -0.4 is 0 Å². The molecule has 152 valence electrons. The van der Waals surface area contributed by atoms with Crippen molar-refractivity contribution in [3.8, 4) is 0 Å². The molecule has 0 spiro atoms. The van der Waals surface area contributed by atoms with Gasteiger partial charge in [0.1, 0.15) is 24.4 Å². The second-order valence-corrected chi connectivity index (χ2v) is 6.39. The van der Waals surface area contributed by atoms with Gasteiger partial charge >= 0.3 is 12.0 Å². The summed E-state index contributed by atoms with van der Waals surface area (Å²) in [6.07, 6.45) is -7.81. The van der Waals surface area contributed by atoms with E-state index in [0.29, 0.717) is 27.7 Å². The van der Waals surface area contributed by atoms with Crippen LogP contribution in [0.5, 0.6) is 0 Å². The molecular weight excluding hydrogens is 365 g/mol. The van der Waals surface area contributed by atoms with Crippen LogP contribution in [0.4, 0.5) is 30.7 Å². The first-order valence-electron chi connectivity index (χ1n) is 7.09. The minimum atomic E-state index is -4.69. The average Bonchev–Trinajstić information content (AvgIpc) is 2.35. The summed E-state index contributed by atoms with van der Waals surface area (Å²) in [6, 6.07) is 0. The molecule has 0 aromatic rings. The largest absolute Gasteiger partial charge is 0.379 e. The normalized spacial score (nSPS) is 16.2. The molecule has 0 heterocycles. The maximum atomic E-state index is 14.2. The molecule has 0 bridgehead atoms. The molecule has 0 N–H and O–H groups in total. The lowest BCUT2D eigenvalue weighted by atomic mass is 9.97. The second kappa shape index (κ2) is 7.93. The van der Waals surface area contributed by atoms with E-state index in [-0.39, 0.29) is 0 Å². The van der Waals surface area contributed by atoms with Gasteiger partial charge < -0.3 is 18.9 Å². The van der Waals surface area contributed by atoms with E-state index >= 15 is 0 Å². The lowest BCUT2D eigenvalue weighted by Crippen LogP contribution is -2.59. The van der Waals surface area contributed by atoms with Crippen LogP contribution in [0.3, 0.4) is 0 Å². The van der Waals surface area contributed by atoms with Gasteiger partial charge in [-0.2, -0.15) is 17.6 Å². The van der Waals surface area contributed by atoms with Crippen LogP contribution in [0.1, 0.15) is 27.7 Å². The molecule has 1 atom stereocenters. The molecule has 0 saturated heterocycles. The Morgan fingerprint density at radius 3 is 1.60 bits per heavy atom. The van der Waals surface area contributed by atoms with E-state index < -0.39 is 48.7 Å². The van der Waals surface area contributed by atoms with Gasteiger partial charge in [-0.25, -0.2) is 13.2 Å². The highest BCUT2D eigenvalue weighted by molar-refractivity contribution is 4.94. The number of hydrogen-bond donors (Lipinski definition) is 0. The highest BCUT2D eigenvalue weighted by atomic mass is 19.3. The molecule has 4 nitrogen and oxygen atoms in total. The van der Waals surface area contributed by atoms with Crippen LogP contribution in [-0.2, 0) is 18.9 Å². The van der Waals surface area contributed by atoms with Crippen molar-refractivity contribution in [1.82, 2.24) is 0 Å². The predicted octanol–water partition coefficient (Wildman–Crippen LogP) is 4.03. The standard InChI is InChI=1S/C14H23F7O4/c1-10(2,12(16,17)7-22-5)24-9(15)14(20,21)11(3,4)25-13(18,19)8-23-6/h9H,7-8H2,1-6H3. The number of methoxy groups -OCH3 is 2. The maximum Gasteiger partial charge on any atom is 0.379 e. The monoisotopic (exact) mass is 388 g/mol. The Kier molecular flexibility index (Phi) is 7.72. The number of hydrogen-bond acceptors (Lipinski definition) is 4. The van der Waals surface area contributed by atoms with E-state index in [1.807, 2.05) is 0 Å². The third-order valence-electron chi connectivity index (χ3n) is 3.41. The maximum absolute atomic E-state index is 14.2. The minimum absolute atomic E-state index is 0.479. The number of ether oxygens (including phenoxy) is 4. The topological polar surface area (TPSA) is 36.9 Å². The first-order valence-corrected chi connectivity index (χ1v) is 7.09. The lowest BCUT2D eigenvalue weighted by molar-refractivity contribution is -0.379. The fourth-order valence-corrected chi connectivity index (χ4v) is 1.69. The van der Waals surface area contributed by atoms with Gasteiger partial charge in [0.05, 0.1) is 0 Å². The van der Waals surface area contributed by atoms with Gasteiger partial charge in [0, 0.05) is 14.2 Å². The summed E-state index contributed by atoms with van der Waals surface area (Å²) in [5.41, 5.74) is -5.81. The van der Waals surface area contributed by atoms with Gasteiger partial charge in [0.2, 0.25) is 0 Å². The third kappa shape index (κ3) is 5.93. The molecule has 11 heteroatoms. The van der Waals surface area contributed by atoms with Crippen LogP contribution in [0, 0.1) is 0 Å². The van der Waals surface area contributed by atoms with Gasteiger partial charge in [0.15, 0.2) is 0 Å². The zero-order valence-electron chi connectivity index (χ0n) is 14.8. The smallest absolute Gasteiger partial charge is 0.378 e. The average molecular weight is 388 g/mol. The van der Waals surface area contributed by atoms with Crippen molar-refractivity contribution in [2.45, 2.75) is 63.2 Å². The summed E-state index contributed by atoms with van der Waals surface area (Å²) in [5, 5.41) is 0. The molecule has 0 aliphatic rings. The van der Waals surface area contributed by atoms with Crippen LogP contribution in [0.2, 0.25) is 0 Å². The van der Waals surface area contributed by atoms with Gasteiger partial charge in [-0.1, -0.05) is 0 Å². The van der Waals surface area contributed by atoms with Crippen molar-refractivity contribution in [2.75, 3.05) is 27.4 Å². The summed E-state index contributed by atoms with van der Waals surface area (Å²) < 4.78 is 113. The minimum Gasteiger partial charge on any atom is -0.378 e. The van der Waals surface area contributed by atoms with Crippen LogP contribution >= 0.6 is 0 Å². The van der Waals surface area contributed by atoms with Crippen molar-refractivity contribution in [3.63, 3.8) is 0 Å². The Morgan fingerprint density at radius 1 is 0.760 bits per heavy atom. The molecule has 0 amide bonds. The Morgan fingerprint density at radius 2 is 1.20 bits per heavy atom. The van der Waals surface area contributed by atoms with E-state index in [4.69, 9.17) is 0 Å². The molecule has 0 aliphatic heterocycles. The molecule has 1 unspecified atom stereocenters. The Balaban J connectivity index is 5.36. The number of rotatable bonds is 11. The summed E-state index contributed by atoms with van der Waals surface area (Å²) in [6.45, 7) is -0.282. The second-order valence-electron chi connectivity index (χ2n) is 6.39. The highest BCUT2D eigenvalue weighted by Crippen LogP contribution is 2.43. The van der Waals surface area contributed by atoms with Crippen molar-refractivity contribution in [2.24, 2.45) is 0 Å². The molecular formula is C14H23F7O4. The summed E-state index contributed by atoms with van der Waals surface area (Å²) in [7, 11) is 1.81. The first kappa shape index (κ1) is 24.4. The Bertz CT molecular complexity index is 427. The molecule has 25 heavy (non-hydrogen) atoms. The zero-order chi connectivity index (χ0) is 20.3. The van der Waals surface area contributed by atoms with E-state index in [2.05, 4.69) is 18.9 Å². The van der Waals surface area contributed by atoms with E-state index in [9.17, 15) is 30.7 Å². The van der Waals surface area contributed by atoms with Gasteiger partial charge in [-0.3, -0.25) is 0 Å². The van der Waals surface area contributed by atoms with E-state index in [1.165, 1.54) is 0 Å². The number of alkyl halides is 7. The molecule has 0 saturated carbocycles. The van der Waals surface area contributed by atoms with Crippen molar-refractivity contribution >= 4 is 0 Å². The van der Waals surface area contributed by atoms with Crippen LogP contribution in [-0.4, -0.2) is 62.9 Å². The Labute approximate surface area is 141 Å². The molecule has 0 radical (unpaired) electrons. The summed E-state index contributed by atoms with van der Waals surface area (Å²) in [5.74, 6) is -8.52. The Hall–Kier alpha value is -0.650. The molecule has 0 fully saturated rings. The molecule has 0 aromatic heterocycles. The fraction of sp³-hybridized carbons (Fsp3) is 1.00. The van der Waals surface area contributed by atoms with Crippen molar-refractivity contribution < 1.29 is 49.7 Å². The fourth-order valence-electron chi connectivity index (χ4n) is 1.69. The predicted molar refractivity (Wildman–Crippen MR) is 73.8 cm³/mol. The lowest BCUT2D eigenvalue weighted by Gasteiger charge is -2.41. The SMILES string of the molecule is COCC(F)(F)OC(C)(C)C(F)(F)C(F)OC(C)(C)C(F)(F)COC. The van der Waals surface area contributed by atoms with Gasteiger partial charge in [-0.05, 0) is 27.7 Å². The van der Waals surface area contributed by atoms with Crippen molar-refractivity contribution in [3.05, 3.63) is 0 Å². The number of halogens is 7. The summed E-state index contributed by atoms with van der Waals surface area (Å²) >= 11 is 0. The van der Waals surface area contributed by atoms with Crippen LogP contribution in [0.25, 0.3) is 0 Å². The zero-order valence-corrected chi connectivity index (χ0v) is 14.8.